The molecule has 1 aromatic rings. The van der Waals surface area contributed by atoms with Crippen LogP contribution in [0.4, 0.5) is 5.69 Å². The summed E-state index contributed by atoms with van der Waals surface area (Å²) < 4.78 is 5.10. The average molecular weight is 208 g/mol. The fourth-order valence-corrected chi connectivity index (χ4v) is 1.40. The van der Waals surface area contributed by atoms with Gasteiger partial charge in [-0.2, -0.15) is 0 Å². The summed E-state index contributed by atoms with van der Waals surface area (Å²) in [6.07, 6.45) is 0. The molecule has 1 aliphatic heterocycles. The normalized spacial score (nSPS) is 14.5. The van der Waals surface area contributed by atoms with Crippen molar-refractivity contribution in [3.8, 4) is 5.75 Å². The molecular weight excluding hydrogens is 200 g/mol. The first-order valence-electron chi connectivity index (χ1n) is 4.34. The highest BCUT2D eigenvalue weighted by Crippen LogP contribution is 2.31. The summed E-state index contributed by atoms with van der Waals surface area (Å²) in [4.78, 5) is 21.2. The van der Waals surface area contributed by atoms with Crippen molar-refractivity contribution in [1.82, 2.24) is 5.32 Å². The predicted octanol–water partition coefficient (Wildman–Crippen LogP) is 0.603. The van der Waals surface area contributed by atoms with Crippen LogP contribution in [-0.2, 0) is 11.3 Å². The van der Waals surface area contributed by atoms with Crippen molar-refractivity contribution in [1.29, 1.82) is 0 Å². The molecule has 0 aliphatic carbocycles. The number of fused-ring (bicyclic) bond motifs is 1. The van der Waals surface area contributed by atoms with Gasteiger partial charge in [0.15, 0.2) is 6.61 Å². The minimum absolute atomic E-state index is 0.107. The number of hydrogen-bond donors (Lipinski definition) is 1. The van der Waals surface area contributed by atoms with E-state index in [1.807, 2.05) is 0 Å². The Labute approximate surface area is 85.0 Å². The van der Waals surface area contributed by atoms with Gasteiger partial charge in [0.25, 0.3) is 5.91 Å². The van der Waals surface area contributed by atoms with Crippen molar-refractivity contribution in [3.63, 3.8) is 0 Å². The Morgan fingerprint density at radius 3 is 3.00 bits per heavy atom. The van der Waals surface area contributed by atoms with E-state index >= 15 is 0 Å². The van der Waals surface area contributed by atoms with Gasteiger partial charge in [0.05, 0.1) is 4.92 Å². The van der Waals surface area contributed by atoms with Crippen LogP contribution in [-0.4, -0.2) is 17.4 Å². The molecule has 78 valence electrons. The lowest BCUT2D eigenvalue weighted by molar-refractivity contribution is -0.385. The van der Waals surface area contributed by atoms with Gasteiger partial charge in [-0.15, -0.1) is 0 Å². The second-order valence-electron chi connectivity index (χ2n) is 3.09. The van der Waals surface area contributed by atoms with Crippen LogP contribution in [0.15, 0.2) is 18.2 Å². The first-order valence-corrected chi connectivity index (χ1v) is 4.34. The van der Waals surface area contributed by atoms with Gasteiger partial charge >= 0.3 is 5.69 Å². The monoisotopic (exact) mass is 208 g/mol. The van der Waals surface area contributed by atoms with E-state index in [9.17, 15) is 14.9 Å². The van der Waals surface area contributed by atoms with E-state index in [-0.39, 0.29) is 30.5 Å². The Balaban J connectivity index is 2.46. The summed E-state index contributed by atoms with van der Waals surface area (Å²) >= 11 is 0. The maximum atomic E-state index is 11.0. The molecule has 0 fully saturated rings. The summed E-state index contributed by atoms with van der Waals surface area (Å²) in [5, 5.41) is 13.3. The number of hydrogen-bond acceptors (Lipinski definition) is 4. The first-order chi connectivity index (χ1) is 7.18. The standard InChI is InChI=1S/C9H8N2O4/c12-8-5-15-9-6(4-10-8)2-1-3-7(9)11(13)14/h1-3H,4-5H2,(H,10,12). The quantitative estimate of drug-likeness (QED) is 0.541. The van der Waals surface area contributed by atoms with Gasteiger partial charge in [-0.3, -0.25) is 14.9 Å². The molecule has 1 N–H and O–H groups in total. The zero-order chi connectivity index (χ0) is 10.8. The number of nitro benzene ring substituents is 1. The summed E-state index contributed by atoms with van der Waals surface area (Å²) in [7, 11) is 0. The molecule has 0 saturated carbocycles. The number of rotatable bonds is 1. The van der Waals surface area contributed by atoms with E-state index in [0.717, 1.165) is 0 Å². The summed E-state index contributed by atoms with van der Waals surface area (Å²) in [5.41, 5.74) is 0.513. The van der Waals surface area contributed by atoms with E-state index in [2.05, 4.69) is 5.32 Å². The van der Waals surface area contributed by atoms with E-state index in [1.54, 1.807) is 12.1 Å². The summed E-state index contributed by atoms with van der Waals surface area (Å²) in [5.74, 6) is -0.0960. The zero-order valence-corrected chi connectivity index (χ0v) is 7.73. The molecule has 1 aromatic carbocycles. The number of nitrogens with zero attached hydrogens (tertiary/aromatic N) is 1. The maximum Gasteiger partial charge on any atom is 0.311 e. The van der Waals surface area contributed by atoms with Gasteiger partial charge in [0.2, 0.25) is 5.75 Å². The van der Waals surface area contributed by atoms with E-state index in [1.165, 1.54) is 6.07 Å². The highest BCUT2D eigenvalue weighted by atomic mass is 16.6. The first kappa shape index (κ1) is 9.45. The smallest absolute Gasteiger partial charge is 0.311 e. The lowest BCUT2D eigenvalue weighted by Gasteiger charge is -2.05. The Morgan fingerprint density at radius 2 is 2.27 bits per heavy atom. The number of carbonyl (C=O) groups excluding carboxylic acids is 1. The third-order valence-corrected chi connectivity index (χ3v) is 2.10. The van der Waals surface area contributed by atoms with E-state index in [4.69, 9.17) is 4.74 Å². The predicted molar refractivity (Wildman–Crippen MR) is 50.4 cm³/mol. The van der Waals surface area contributed by atoms with Gasteiger partial charge in [-0.25, -0.2) is 0 Å². The molecule has 0 aromatic heterocycles. The molecular formula is C9H8N2O4. The van der Waals surface area contributed by atoms with Gasteiger partial charge < -0.3 is 10.1 Å². The molecule has 2 rings (SSSR count). The summed E-state index contributed by atoms with van der Waals surface area (Å²) in [6, 6.07) is 4.61. The van der Waals surface area contributed by atoms with Crippen molar-refractivity contribution in [2.75, 3.05) is 6.61 Å². The van der Waals surface area contributed by atoms with Crippen LogP contribution in [0.3, 0.4) is 0 Å². The highest BCUT2D eigenvalue weighted by molar-refractivity contribution is 5.78. The molecule has 6 heteroatoms. The second kappa shape index (κ2) is 3.56. The Hall–Kier alpha value is -2.11. The van der Waals surface area contributed by atoms with Crippen LogP contribution in [0, 0.1) is 10.1 Å². The molecule has 1 amide bonds. The number of nitro groups is 1. The van der Waals surface area contributed by atoms with Crippen molar-refractivity contribution < 1.29 is 14.5 Å². The SMILES string of the molecule is O=C1COc2c(cccc2[N+](=O)[O-])CN1. The van der Waals surface area contributed by atoms with Gasteiger partial charge in [0.1, 0.15) is 0 Å². The highest BCUT2D eigenvalue weighted by Gasteiger charge is 2.22. The van der Waals surface area contributed by atoms with Crippen molar-refractivity contribution in [3.05, 3.63) is 33.9 Å². The Kier molecular flexibility index (Phi) is 2.24. The Bertz CT molecular complexity index is 430. The zero-order valence-electron chi connectivity index (χ0n) is 7.73. The number of benzene rings is 1. The fourth-order valence-electron chi connectivity index (χ4n) is 1.40. The third-order valence-electron chi connectivity index (χ3n) is 2.10. The van der Waals surface area contributed by atoms with Crippen LogP contribution in [0.2, 0.25) is 0 Å². The minimum Gasteiger partial charge on any atom is -0.476 e. The number of para-hydroxylation sites is 1. The molecule has 15 heavy (non-hydrogen) atoms. The molecule has 0 saturated heterocycles. The number of amides is 1. The third kappa shape index (κ3) is 1.74. The molecule has 0 spiro atoms. The van der Waals surface area contributed by atoms with Crippen LogP contribution < -0.4 is 10.1 Å². The second-order valence-corrected chi connectivity index (χ2v) is 3.09. The topological polar surface area (TPSA) is 81.5 Å². The van der Waals surface area contributed by atoms with Crippen LogP contribution in [0.5, 0.6) is 5.75 Å². The lowest BCUT2D eigenvalue weighted by atomic mass is 10.2. The lowest BCUT2D eigenvalue weighted by Crippen LogP contribution is -2.25. The molecule has 1 aliphatic rings. The largest absolute Gasteiger partial charge is 0.476 e. The number of ether oxygens (including phenoxy) is 1. The van der Waals surface area contributed by atoms with E-state index in [0.29, 0.717) is 5.56 Å². The molecule has 0 atom stereocenters. The van der Waals surface area contributed by atoms with Gasteiger partial charge in [-0.1, -0.05) is 12.1 Å². The van der Waals surface area contributed by atoms with Crippen LogP contribution in [0.1, 0.15) is 5.56 Å². The Morgan fingerprint density at radius 1 is 1.47 bits per heavy atom. The molecule has 1 heterocycles. The van der Waals surface area contributed by atoms with Gasteiger partial charge in [-0.05, 0) is 0 Å². The fraction of sp³-hybridized carbons (Fsp3) is 0.222. The van der Waals surface area contributed by atoms with Crippen LogP contribution in [0.25, 0.3) is 0 Å². The molecule has 0 bridgehead atoms. The maximum absolute atomic E-state index is 11.0. The minimum atomic E-state index is -0.519. The van der Waals surface area contributed by atoms with Crippen LogP contribution >= 0.6 is 0 Å². The van der Waals surface area contributed by atoms with Gasteiger partial charge in [0, 0.05) is 18.2 Å². The number of nitrogens with one attached hydrogen (secondary N) is 1. The summed E-state index contributed by atoms with van der Waals surface area (Å²) in [6.45, 7) is 0.0771. The van der Waals surface area contributed by atoms with Crippen molar-refractivity contribution in [2.45, 2.75) is 6.54 Å². The number of carbonyl (C=O) groups is 1. The molecule has 0 unspecified atom stereocenters. The van der Waals surface area contributed by atoms with E-state index < -0.39 is 4.92 Å². The molecule has 6 nitrogen and oxygen atoms in total. The molecule has 0 radical (unpaired) electrons. The van der Waals surface area contributed by atoms with Crippen molar-refractivity contribution in [2.24, 2.45) is 0 Å². The van der Waals surface area contributed by atoms with Crippen molar-refractivity contribution >= 4 is 11.6 Å². The average Bonchev–Trinajstić information content (AvgIpc) is 2.40.